The summed E-state index contributed by atoms with van der Waals surface area (Å²) in [6.45, 7) is 3.25. The smallest absolute Gasteiger partial charge is 0.325 e. The monoisotopic (exact) mass is 189 g/mol. The van der Waals surface area contributed by atoms with Crippen LogP contribution in [0.3, 0.4) is 0 Å². The number of hydrogen-bond donors (Lipinski definition) is 1. The SMILES string of the molecule is CCOC(=O)CN(CCO)C(C)=O. The maximum absolute atomic E-state index is 10.9. The van der Waals surface area contributed by atoms with E-state index in [1.54, 1.807) is 6.92 Å². The summed E-state index contributed by atoms with van der Waals surface area (Å²) in [5, 5.41) is 8.58. The lowest BCUT2D eigenvalue weighted by Gasteiger charge is -2.18. The number of esters is 1. The number of nitrogens with zero attached hydrogens (tertiary/aromatic N) is 1. The first-order chi connectivity index (χ1) is 6.11. The Morgan fingerprint density at radius 3 is 2.46 bits per heavy atom. The molecule has 0 saturated heterocycles. The Bertz CT molecular complexity index is 181. The molecule has 1 N–H and O–H groups in total. The molecule has 0 saturated carbocycles. The molecule has 0 spiro atoms. The molecule has 0 aliphatic carbocycles. The molecule has 0 rings (SSSR count). The van der Waals surface area contributed by atoms with Crippen LogP contribution in [-0.4, -0.2) is 48.2 Å². The molecule has 0 aromatic carbocycles. The second-order valence-electron chi connectivity index (χ2n) is 2.47. The van der Waals surface area contributed by atoms with Crippen LogP contribution in [0, 0.1) is 0 Å². The van der Waals surface area contributed by atoms with E-state index in [1.807, 2.05) is 0 Å². The van der Waals surface area contributed by atoms with Crippen molar-refractivity contribution >= 4 is 11.9 Å². The van der Waals surface area contributed by atoms with E-state index in [0.717, 1.165) is 0 Å². The molecule has 1 amide bonds. The van der Waals surface area contributed by atoms with E-state index in [-0.39, 0.29) is 25.6 Å². The molecular weight excluding hydrogens is 174 g/mol. The van der Waals surface area contributed by atoms with E-state index in [4.69, 9.17) is 5.11 Å². The number of ether oxygens (including phenoxy) is 1. The fraction of sp³-hybridized carbons (Fsp3) is 0.750. The van der Waals surface area contributed by atoms with Crippen LogP contribution < -0.4 is 0 Å². The van der Waals surface area contributed by atoms with Crippen molar-refractivity contribution in [3.63, 3.8) is 0 Å². The summed E-state index contributed by atoms with van der Waals surface area (Å²) in [7, 11) is 0. The number of amides is 1. The molecule has 0 aliphatic heterocycles. The van der Waals surface area contributed by atoms with Crippen molar-refractivity contribution in [2.75, 3.05) is 26.3 Å². The van der Waals surface area contributed by atoms with Crippen molar-refractivity contribution < 1.29 is 19.4 Å². The standard InChI is InChI=1S/C8H15NO4/c1-3-13-8(12)6-9(4-5-10)7(2)11/h10H,3-6H2,1-2H3. The maximum Gasteiger partial charge on any atom is 0.325 e. The van der Waals surface area contributed by atoms with E-state index in [9.17, 15) is 9.59 Å². The highest BCUT2D eigenvalue weighted by atomic mass is 16.5. The van der Waals surface area contributed by atoms with Gasteiger partial charge in [-0.15, -0.1) is 0 Å². The van der Waals surface area contributed by atoms with E-state index in [2.05, 4.69) is 4.74 Å². The van der Waals surface area contributed by atoms with Gasteiger partial charge in [-0.3, -0.25) is 9.59 Å². The van der Waals surface area contributed by atoms with Crippen molar-refractivity contribution in [3.05, 3.63) is 0 Å². The Labute approximate surface area is 77.3 Å². The minimum Gasteiger partial charge on any atom is -0.465 e. The molecule has 0 heterocycles. The van der Waals surface area contributed by atoms with Gasteiger partial charge in [-0.05, 0) is 6.92 Å². The van der Waals surface area contributed by atoms with Crippen LogP contribution in [0.4, 0.5) is 0 Å². The number of rotatable bonds is 5. The van der Waals surface area contributed by atoms with Gasteiger partial charge in [0.25, 0.3) is 0 Å². The molecule has 0 radical (unpaired) electrons. The van der Waals surface area contributed by atoms with Gasteiger partial charge < -0.3 is 14.7 Å². The quantitative estimate of drug-likeness (QED) is 0.586. The summed E-state index contributed by atoms with van der Waals surface area (Å²) < 4.78 is 4.65. The van der Waals surface area contributed by atoms with Crippen LogP contribution in [0.25, 0.3) is 0 Å². The highest BCUT2D eigenvalue weighted by Gasteiger charge is 2.12. The lowest BCUT2D eigenvalue weighted by atomic mass is 10.4. The summed E-state index contributed by atoms with van der Waals surface area (Å²) in [6.07, 6.45) is 0. The average Bonchev–Trinajstić information content (AvgIpc) is 2.04. The minimum atomic E-state index is -0.453. The molecule has 5 heteroatoms. The number of hydrogen-bond acceptors (Lipinski definition) is 4. The van der Waals surface area contributed by atoms with Crippen LogP contribution in [0.5, 0.6) is 0 Å². The van der Waals surface area contributed by atoms with Gasteiger partial charge in [0.1, 0.15) is 6.54 Å². The van der Waals surface area contributed by atoms with Crippen LogP contribution >= 0.6 is 0 Å². The molecule has 0 aliphatic rings. The Hall–Kier alpha value is -1.10. The molecule has 76 valence electrons. The van der Waals surface area contributed by atoms with Crippen LogP contribution in [0.1, 0.15) is 13.8 Å². The third-order valence-corrected chi connectivity index (χ3v) is 1.44. The van der Waals surface area contributed by atoms with Gasteiger partial charge in [-0.2, -0.15) is 0 Å². The van der Waals surface area contributed by atoms with Crippen molar-refractivity contribution in [3.8, 4) is 0 Å². The zero-order chi connectivity index (χ0) is 10.3. The summed E-state index contributed by atoms with van der Waals surface area (Å²) in [6, 6.07) is 0. The van der Waals surface area contributed by atoms with E-state index in [0.29, 0.717) is 6.61 Å². The molecule has 13 heavy (non-hydrogen) atoms. The van der Waals surface area contributed by atoms with Gasteiger partial charge in [0.05, 0.1) is 13.2 Å². The fourth-order valence-electron chi connectivity index (χ4n) is 0.831. The van der Waals surface area contributed by atoms with Crippen LogP contribution in [0.15, 0.2) is 0 Å². The second-order valence-corrected chi connectivity index (χ2v) is 2.47. The van der Waals surface area contributed by atoms with Crippen molar-refractivity contribution in [1.29, 1.82) is 0 Å². The molecule has 0 bridgehead atoms. The predicted octanol–water partition coefficient (Wildman–Crippen LogP) is -0.610. The van der Waals surface area contributed by atoms with E-state index in [1.165, 1.54) is 11.8 Å². The maximum atomic E-state index is 10.9. The average molecular weight is 189 g/mol. The first-order valence-corrected chi connectivity index (χ1v) is 4.13. The topological polar surface area (TPSA) is 66.8 Å². The van der Waals surface area contributed by atoms with Crippen molar-refractivity contribution in [2.45, 2.75) is 13.8 Å². The third-order valence-electron chi connectivity index (χ3n) is 1.44. The molecule has 0 aromatic rings. The second kappa shape index (κ2) is 6.42. The highest BCUT2D eigenvalue weighted by Crippen LogP contribution is 1.90. The summed E-state index contributed by atoms with van der Waals surface area (Å²) in [4.78, 5) is 23.0. The first kappa shape index (κ1) is 11.9. The summed E-state index contributed by atoms with van der Waals surface area (Å²) >= 11 is 0. The molecule has 0 atom stereocenters. The van der Waals surface area contributed by atoms with Crippen LogP contribution in [-0.2, 0) is 14.3 Å². The van der Waals surface area contributed by atoms with Crippen molar-refractivity contribution in [1.82, 2.24) is 4.90 Å². The number of carbonyl (C=O) groups excluding carboxylic acids is 2. The van der Waals surface area contributed by atoms with Gasteiger partial charge in [-0.25, -0.2) is 0 Å². The number of aliphatic hydroxyl groups excluding tert-OH is 1. The summed E-state index contributed by atoms with van der Waals surface area (Å²) in [5.74, 6) is -0.701. The Kier molecular flexibility index (Phi) is 5.88. The Balaban J connectivity index is 3.94. The van der Waals surface area contributed by atoms with Crippen molar-refractivity contribution in [2.24, 2.45) is 0 Å². The van der Waals surface area contributed by atoms with Gasteiger partial charge >= 0.3 is 5.97 Å². The lowest BCUT2D eigenvalue weighted by Crippen LogP contribution is -2.36. The normalized spacial score (nSPS) is 9.46. The lowest BCUT2D eigenvalue weighted by molar-refractivity contribution is -0.148. The molecule has 0 fully saturated rings. The zero-order valence-electron chi connectivity index (χ0n) is 7.95. The largest absolute Gasteiger partial charge is 0.465 e. The summed E-state index contributed by atoms with van der Waals surface area (Å²) in [5.41, 5.74) is 0. The number of aliphatic hydroxyl groups is 1. The molecular formula is C8H15NO4. The van der Waals surface area contributed by atoms with E-state index < -0.39 is 5.97 Å². The third kappa shape index (κ3) is 5.19. The molecule has 5 nitrogen and oxygen atoms in total. The zero-order valence-corrected chi connectivity index (χ0v) is 7.95. The molecule has 0 unspecified atom stereocenters. The van der Waals surface area contributed by atoms with Gasteiger partial charge in [0.15, 0.2) is 0 Å². The van der Waals surface area contributed by atoms with Gasteiger partial charge in [0, 0.05) is 13.5 Å². The first-order valence-electron chi connectivity index (χ1n) is 4.13. The number of carbonyl (C=O) groups is 2. The Morgan fingerprint density at radius 2 is 2.08 bits per heavy atom. The van der Waals surface area contributed by atoms with E-state index >= 15 is 0 Å². The minimum absolute atomic E-state index is 0.0935. The van der Waals surface area contributed by atoms with Gasteiger partial charge in [0.2, 0.25) is 5.91 Å². The predicted molar refractivity (Wildman–Crippen MR) is 46.0 cm³/mol. The Morgan fingerprint density at radius 1 is 1.46 bits per heavy atom. The molecule has 0 aromatic heterocycles. The fourth-order valence-corrected chi connectivity index (χ4v) is 0.831. The highest BCUT2D eigenvalue weighted by molar-refractivity contribution is 5.80. The van der Waals surface area contributed by atoms with Gasteiger partial charge in [-0.1, -0.05) is 0 Å². The van der Waals surface area contributed by atoms with Crippen LogP contribution in [0.2, 0.25) is 0 Å².